The predicted octanol–water partition coefficient (Wildman–Crippen LogP) is 11.0. The molecule has 1 aliphatic rings. The highest BCUT2D eigenvalue weighted by Crippen LogP contribution is 2.39. The lowest BCUT2D eigenvalue weighted by Crippen LogP contribution is -2.00. The summed E-state index contributed by atoms with van der Waals surface area (Å²) in [6, 6.07) is 53.0. The summed E-state index contributed by atoms with van der Waals surface area (Å²) in [4.78, 5) is 0. The van der Waals surface area contributed by atoms with Gasteiger partial charge in [-0.15, -0.1) is 0 Å². The Kier molecular flexibility index (Phi) is 5.67. The van der Waals surface area contributed by atoms with Crippen molar-refractivity contribution in [2.75, 3.05) is 0 Å². The van der Waals surface area contributed by atoms with E-state index in [1.54, 1.807) is 0 Å². The van der Waals surface area contributed by atoms with Crippen LogP contribution in [0.4, 0.5) is 0 Å². The molecule has 0 unspecified atom stereocenters. The monoisotopic (exact) mass is 562 g/mol. The molecule has 1 aliphatic carbocycles. The van der Waals surface area contributed by atoms with E-state index in [-0.39, 0.29) is 0 Å². The van der Waals surface area contributed by atoms with Crippen molar-refractivity contribution in [2.24, 2.45) is 0 Å². The van der Waals surface area contributed by atoms with Crippen molar-refractivity contribution in [1.82, 2.24) is 9.13 Å². The number of fused-ring (bicyclic) bond motifs is 6. The summed E-state index contributed by atoms with van der Waals surface area (Å²) in [5.41, 5.74) is 13.8. The van der Waals surface area contributed by atoms with Gasteiger partial charge in [0.15, 0.2) is 0 Å². The third-order valence-corrected chi connectivity index (χ3v) is 9.18. The van der Waals surface area contributed by atoms with Crippen LogP contribution in [0.15, 0.2) is 152 Å². The van der Waals surface area contributed by atoms with Crippen LogP contribution in [0.25, 0.3) is 72.4 Å². The second-order valence-corrected chi connectivity index (χ2v) is 11.7. The van der Waals surface area contributed by atoms with Gasteiger partial charge in [-0.2, -0.15) is 0 Å². The Bertz CT molecular complexity index is 2370. The van der Waals surface area contributed by atoms with Gasteiger partial charge in [0, 0.05) is 33.2 Å². The molecule has 0 aliphatic heterocycles. The van der Waals surface area contributed by atoms with Crippen molar-refractivity contribution in [3.05, 3.63) is 163 Å². The van der Waals surface area contributed by atoms with Gasteiger partial charge in [-0.1, -0.05) is 103 Å². The van der Waals surface area contributed by atoms with Crippen molar-refractivity contribution < 1.29 is 0 Å². The molecule has 0 spiro atoms. The molecule has 0 N–H and O–H groups in total. The van der Waals surface area contributed by atoms with Gasteiger partial charge in [-0.3, -0.25) is 0 Å². The van der Waals surface area contributed by atoms with Gasteiger partial charge in [0.05, 0.1) is 16.6 Å². The number of hydrogen-bond donors (Lipinski definition) is 0. The molecule has 44 heavy (non-hydrogen) atoms. The highest BCUT2D eigenvalue weighted by atomic mass is 15.0. The maximum Gasteiger partial charge on any atom is 0.0543 e. The molecule has 2 aromatic heterocycles. The lowest BCUT2D eigenvalue weighted by molar-refractivity contribution is 0.968. The Morgan fingerprint density at radius 3 is 1.98 bits per heavy atom. The third-order valence-electron chi connectivity index (χ3n) is 9.18. The Hall–Kier alpha value is -5.60. The topological polar surface area (TPSA) is 9.86 Å². The second-order valence-electron chi connectivity index (χ2n) is 11.7. The van der Waals surface area contributed by atoms with Crippen LogP contribution in [-0.4, -0.2) is 9.13 Å². The number of aromatic nitrogens is 2. The average Bonchev–Trinajstić information content (AvgIpc) is 3.61. The molecule has 0 bridgehead atoms. The van der Waals surface area contributed by atoms with E-state index in [0.717, 1.165) is 12.8 Å². The first-order valence-electron chi connectivity index (χ1n) is 15.4. The number of rotatable bonds is 4. The van der Waals surface area contributed by atoms with Gasteiger partial charge in [0.2, 0.25) is 0 Å². The van der Waals surface area contributed by atoms with Gasteiger partial charge in [0.25, 0.3) is 0 Å². The van der Waals surface area contributed by atoms with Crippen molar-refractivity contribution in [2.45, 2.75) is 12.8 Å². The van der Waals surface area contributed by atoms with Gasteiger partial charge >= 0.3 is 0 Å². The highest BCUT2D eigenvalue weighted by molar-refractivity contribution is 6.10. The summed E-state index contributed by atoms with van der Waals surface area (Å²) >= 11 is 0. The van der Waals surface area contributed by atoms with E-state index in [9.17, 15) is 0 Å². The lowest BCUT2D eigenvalue weighted by Gasteiger charge is -2.14. The van der Waals surface area contributed by atoms with Crippen molar-refractivity contribution >= 4 is 38.8 Å². The molecule has 0 atom stereocenters. The summed E-state index contributed by atoms with van der Waals surface area (Å²) in [5, 5.41) is 3.89. The SMILES string of the molecule is C1=Cc2c(c3ccc(-c4ccc5c(c4)c4ccccc4n5-c4ccccc4)cc3n2-c2cccc(-c3ccccc3)c2)CC1. The Labute approximate surface area is 256 Å². The van der Waals surface area contributed by atoms with Crippen LogP contribution < -0.4 is 0 Å². The first-order chi connectivity index (χ1) is 21.8. The molecule has 2 heterocycles. The van der Waals surface area contributed by atoms with E-state index < -0.39 is 0 Å². The maximum atomic E-state index is 2.47. The number of allylic oxidation sites excluding steroid dienone is 1. The van der Waals surface area contributed by atoms with E-state index in [1.165, 1.54) is 77.6 Å². The third kappa shape index (κ3) is 3.88. The van der Waals surface area contributed by atoms with Crippen LogP contribution in [0.5, 0.6) is 0 Å². The zero-order valence-corrected chi connectivity index (χ0v) is 24.3. The predicted molar refractivity (Wildman–Crippen MR) is 186 cm³/mol. The summed E-state index contributed by atoms with van der Waals surface area (Å²) < 4.78 is 4.85. The summed E-state index contributed by atoms with van der Waals surface area (Å²) in [5.74, 6) is 0. The zero-order valence-electron chi connectivity index (χ0n) is 24.3. The minimum absolute atomic E-state index is 1.07. The van der Waals surface area contributed by atoms with Crippen LogP contribution in [0, 0.1) is 0 Å². The minimum atomic E-state index is 1.07. The number of hydrogen-bond acceptors (Lipinski definition) is 0. The molecule has 0 radical (unpaired) electrons. The first kappa shape index (κ1) is 24.9. The van der Waals surface area contributed by atoms with E-state index in [2.05, 4.69) is 167 Å². The molecule has 208 valence electrons. The number of para-hydroxylation sites is 2. The fraction of sp³-hybridized carbons (Fsp3) is 0.0476. The summed E-state index contributed by atoms with van der Waals surface area (Å²) in [7, 11) is 0. The van der Waals surface area contributed by atoms with Crippen LogP contribution in [-0.2, 0) is 6.42 Å². The summed E-state index contributed by atoms with van der Waals surface area (Å²) in [6.45, 7) is 0. The van der Waals surface area contributed by atoms with Crippen LogP contribution in [0.1, 0.15) is 17.7 Å². The Morgan fingerprint density at radius 1 is 0.409 bits per heavy atom. The quantitative estimate of drug-likeness (QED) is 0.202. The second kappa shape index (κ2) is 10.00. The van der Waals surface area contributed by atoms with Gasteiger partial charge in [-0.25, -0.2) is 0 Å². The van der Waals surface area contributed by atoms with Crippen molar-refractivity contribution in [3.8, 4) is 33.6 Å². The number of aryl methyl sites for hydroxylation is 1. The standard InChI is InChI=1S/C42H30N2/c1-3-12-29(13-4-1)30-14-11-17-34(26-30)44-39-20-9-7-18-35(39)37-24-22-32(28-42(37)44)31-23-25-41-38(27-31)36-19-8-10-21-40(36)43(41)33-15-5-2-6-16-33/h1-6,8-17,19-28H,7,18H2. The van der Waals surface area contributed by atoms with E-state index >= 15 is 0 Å². The molecule has 6 aromatic carbocycles. The molecule has 0 amide bonds. The summed E-state index contributed by atoms with van der Waals surface area (Å²) in [6.07, 6.45) is 6.78. The van der Waals surface area contributed by atoms with E-state index in [1.807, 2.05) is 0 Å². The Morgan fingerprint density at radius 2 is 1.09 bits per heavy atom. The lowest BCUT2D eigenvalue weighted by atomic mass is 9.98. The number of nitrogens with zero attached hydrogens (tertiary/aromatic N) is 2. The van der Waals surface area contributed by atoms with Crippen molar-refractivity contribution in [3.63, 3.8) is 0 Å². The molecule has 2 nitrogen and oxygen atoms in total. The fourth-order valence-electron chi connectivity index (χ4n) is 7.16. The zero-order chi connectivity index (χ0) is 29.0. The van der Waals surface area contributed by atoms with Crippen molar-refractivity contribution in [1.29, 1.82) is 0 Å². The molecule has 9 rings (SSSR count). The molecule has 0 saturated heterocycles. The first-order valence-corrected chi connectivity index (χ1v) is 15.4. The molecule has 0 fully saturated rings. The minimum Gasteiger partial charge on any atom is -0.310 e. The van der Waals surface area contributed by atoms with Gasteiger partial charge in [0.1, 0.15) is 0 Å². The van der Waals surface area contributed by atoms with E-state index in [4.69, 9.17) is 0 Å². The van der Waals surface area contributed by atoms with Crippen LogP contribution >= 0.6 is 0 Å². The molecular weight excluding hydrogens is 532 g/mol. The molecule has 0 saturated carbocycles. The Balaban J connectivity index is 1.24. The van der Waals surface area contributed by atoms with Gasteiger partial charge in [-0.05, 0) is 95.3 Å². The highest BCUT2D eigenvalue weighted by Gasteiger charge is 2.20. The smallest absolute Gasteiger partial charge is 0.0543 e. The van der Waals surface area contributed by atoms with Crippen LogP contribution in [0.3, 0.4) is 0 Å². The molecular formula is C42H30N2. The van der Waals surface area contributed by atoms with Gasteiger partial charge < -0.3 is 9.13 Å². The number of benzene rings is 6. The van der Waals surface area contributed by atoms with Crippen LogP contribution in [0.2, 0.25) is 0 Å². The average molecular weight is 563 g/mol. The maximum absolute atomic E-state index is 2.47. The normalized spacial score (nSPS) is 12.7. The largest absolute Gasteiger partial charge is 0.310 e. The van der Waals surface area contributed by atoms with E-state index in [0.29, 0.717) is 0 Å². The fourth-order valence-corrected chi connectivity index (χ4v) is 7.16. The molecule has 8 aromatic rings. The molecule has 2 heteroatoms.